The first-order chi connectivity index (χ1) is 12.2. The van der Waals surface area contributed by atoms with Crippen molar-refractivity contribution in [2.45, 2.75) is 12.8 Å². The van der Waals surface area contributed by atoms with Gasteiger partial charge in [0.15, 0.2) is 17.4 Å². The second-order valence-corrected chi connectivity index (χ2v) is 6.86. The lowest BCUT2D eigenvalue weighted by atomic mass is 10.1. The van der Waals surface area contributed by atoms with Crippen molar-refractivity contribution in [3.05, 3.63) is 36.1 Å². The third-order valence-corrected chi connectivity index (χ3v) is 5.01. The van der Waals surface area contributed by atoms with Crippen LogP contribution in [0.3, 0.4) is 0 Å². The number of nitrogens with zero attached hydrogens (tertiary/aromatic N) is 4. The molecule has 5 nitrogen and oxygen atoms in total. The van der Waals surface area contributed by atoms with Crippen LogP contribution in [0, 0.1) is 11.7 Å². The number of aromatic nitrogens is 2. The fraction of sp³-hybridized carbons (Fsp3) is 0.474. The number of rotatable bonds is 5. The number of anilines is 1. The summed E-state index contributed by atoms with van der Waals surface area (Å²) in [5.74, 6) is 1.68. The first kappa shape index (κ1) is 16.3. The monoisotopic (exact) mass is 342 g/mol. The van der Waals surface area contributed by atoms with Crippen LogP contribution >= 0.6 is 0 Å². The number of ether oxygens (including phenoxy) is 1. The summed E-state index contributed by atoms with van der Waals surface area (Å²) in [5.41, 5.74) is 1.37. The average Bonchev–Trinajstić information content (AvgIpc) is 3.46. The zero-order chi connectivity index (χ0) is 17.2. The molecule has 0 unspecified atom stereocenters. The number of hydrogen-bond acceptors (Lipinski definition) is 5. The molecule has 0 bridgehead atoms. The first-order valence-corrected chi connectivity index (χ1v) is 8.88. The van der Waals surface area contributed by atoms with Gasteiger partial charge in [0.2, 0.25) is 0 Å². The summed E-state index contributed by atoms with van der Waals surface area (Å²) in [4.78, 5) is 4.82. The summed E-state index contributed by atoms with van der Waals surface area (Å²) in [6.07, 6.45) is 2.80. The van der Waals surface area contributed by atoms with E-state index in [0.717, 1.165) is 37.9 Å². The Kier molecular flexibility index (Phi) is 4.53. The summed E-state index contributed by atoms with van der Waals surface area (Å²) < 4.78 is 18.8. The molecule has 0 atom stereocenters. The molecule has 1 aromatic carbocycles. The summed E-state index contributed by atoms with van der Waals surface area (Å²) in [6.45, 7) is 5.39. The van der Waals surface area contributed by atoms with E-state index in [1.54, 1.807) is 12.1 Å². The van der Waals surface area contributed by atoms with E-state index in [9.17, 15) is 4.39 Å². The summed E-state index contributed by atoms with van der Waals surface area (Å²) in [5, 5.41) is 8.64. The molecular weight excluding hydrogens is 319 g/mol. The number of piperazine rings is 1. The summed E-state index contributed by atoms with van der Waals surface area (Å²) in [6, 6.07) is 8.71. The van der Waals surface area contributed by atoms with E-state index in [0.29, 0.717) is 11.3 Å². The van der Waals surface area contributed by atoms with Gasteiger partial charge < -0.3 is 9.64 Å². The van der Waals surface area contributed by atoms with Crippen LogP contribution in [0.1, 0.15) is 12.8 Å². The Balaban J connectivity index is 1.41. The fourth-order valence-electron chi connectivity index (χ4n) is 3.30. The largest absolute Gasteiger partial charge is 0.494 e. The molecule has 4 rings (SSSR count). The lowest BCUT2D eigenvalue weighted by Crippen LogP contribution is -2.47. The lowest BCUT2D eigenvalue weighted by Gasteiger charge is -2.35. The average molecular weight is 342 g/mol. The van der Waals surface area contributed by atoms with Crippen molar-refractivity contribution in [2.24, 2.45) is 5.92 Å². The lowest BCUT2D eigenvalue weighted by molar-refractivity contribution is 0.247. The Hall–Kier alpha value is -2.21. The molecule has 1 saturated heterocycles. The van der Waals surface area contributed by atoms with E-state index in [1.807, 2.05) is 12.1 Å². The van der Waals surface area contributed by atoms with Gasteiger partial charge in [-0.1, -0.05) is 0 Å². The van der Waals surface area contributed by atoms with Gasteiger partial charge in [0.25, 0.3) is 0 Å². The van der Waals surface area contributed by atoms with Gasteiger partial charge in [-0.2, -0.15) is 0 Å². The van der Waals surface area contributed by atoms with Crippen LogP contribution in [-0.4, -0.2) is 54.9 Å². The molecule has 25 heavy (non-hydrogen) atoms. The number of methoxy groups -OCH3 is 1. The van der Waals surface area contributed by atoms with Crippen molar-refractivity contribution >= 4 is 5.82 Å². The maximum Gasteiger partial charge on any atom is 0.165 e. The quantitative estimate of drug-likeness (QED) is 0.836. The van der Waals surface area contributed by atoms with Crippen LogP contribution in [0.15, 0.2) is 30.3 Å². The topological polar surface area (TPSA) is 41.5 Å². The number of hydrogen-bond donors (Lipinski definition) is 0. The molecule has 1 aliphatic heterocycles. The molecule has 2 aliphatic rings. The van der Waals surface area contributed by atoms with Gasteiger partial charge >= 0.3 is 0 Å². The third kappa shape index (κ3) is 3.74. The predicted molar refractivity (Wildman–Crippen MR) is 95.4 cm³/mol. The number of benzene rings is 1. The molecular formula is C19H23FN4O. The Morgan fingerprint density at radius 1 is 1.08 bits per heavy atom. The van der Waals surface area contributed by atoms with Gasteiger partial charge in [0.1, 0.15) is 0 Å². The minimum atomic E-state index is -0.391. The molecule has 6 heteroatoms. The normalized spacial score (nSPS) is 18.4. The molecule has 1 aromatic heterocycles. The Morgan fingerprint density at radius 3 is 2.48 bits per heavy atom. The highest BCUT2D eigenvalue weighted by molar-refractivity contribution is 5.61. The molecule has 1 saturated carbocycles. The molecule has 0 radical (unpaired) electrons. The summed E-state index contributed by atoms with van der Waals surface area (Å²) in [7, 11) is 1.46. The molecule has 0 N–H and O–H groups in total. The van der Waals surface area contributed by atoms with Gasteiger partial charge in [-0.05, 0) is 49.1 Å². The van der Waals surface area contributed by atoms with Crippen molar-refractivity contribution in [2.75, 3.05) is 44.7 Å². The van der Waals surface area contributed by atoms with Crippen molar-refractivity contribution in [3.63, 3.8) is 0 Å². The Labute approximate surface area is 147 Å². The van der Waals surface area contributed by atoms with Gasteiger partial charge in [0, 0.05) is 38.3 Å². The minimum Gasteiger partial charge on any atom is -0.494 e. The second-order valence-electron chi connectivity index (χ2n) is 6.86. The molecule has 0 amide bonds. The zero-order valence-electron chi connectivity index (χ0n) is 14.5. The van der Waals surface area contributed by atoms with E-state index in [2.05, 4.69) is 20.0 Å². The highest BCUT2D eigenvalue weighted by Crippen LogP contribution is 2.30. The third-order valence-electron chi connectivity index (χ3n) is 5.01. The van der Waals surface area contributed by atoms with Crippen LogP contribution in [0.4, 0.5) is 10.2 Å². The van der Waals surface area contributed by atoms with Crippen LogP contribution in [0.5, 0.6) is 5.75 Å². The fourth-order valence-corrected chi connectivity index (χ4v) is 3.30. The maximum atomic E-state index is 13.9. The molecule has 2 aromatic rings. The highest BCUT2D eigenvalue weighted by Gasteiger charge is 2.26. The van der Waals surface area contributed by atoms with Gasteiger partial charge in [-0.25, -0.2) is 4.39 Å². The van der Waals surface area contributed by atoms with E-state index in [1.165, 1.54) is 32.6 Å². The van der Waals surface area contributed by atoms with Gasteiger partial charge in [0.05, 0.1) is 12.8 Å². The second kappa shape index (κ2) is 6.96. The van der Waals surface area contributed by atoms with Crippen LogP contribution in [-0.2, 0) is 0 Å². The Morgan fingerprint density at radius 2 is 1.88 bits per heavy atom. The highest BCUT2D eigenvalue weighted by atomic mass is 19.1. The standard InChI is InChI=1S/C19H23FN4O/c1-25-18-6-4-15(12-16(18)20)17-5-7-19(22-21-17)24-10-8-23(9-11-24)13-14-2-3-14/h4-7,12,14H,2-3,8-11,13H2,1H3. The number of halogens is 1. The first-order valence-electron chi connectivity index (χ1n) is 8.88. The smallest absolute Gasteiger partial charge is 0.165 e. The molecule has 0 spiro atoms. The van der Waals surface area contributed by atoms with E-state index in [4.69, 9.17) is 4.74 Å². The van der Waals surface area contributed by atoms with Gasteiger partial charge in [-0.3, -0.25) is 4.90 Å². The van der Waals surface area contributed by atoms with E-state index in [-0.39, 0.29) is 5.75 Å². The van der Waals surface area contributed by atoms with Crippen molar-refractivity contribution in [1.82, 2.24) is 15.1 Å². The van der Waals surface area contributed by atoms with Crippen LogP contribution in [0.25, 0.3) is 11.3 Å². The summed E-state index contributed by atoms with van der Waals surface area (Å²) >= 11 is 0. The van der Waals surface area contributed by atoms with Gasteiger partial charge in [-0.15, -0.1) is 10.2 Å². The van der Waals surface area contributed by atoms with Crippen molar-refractivity contribution in [3.8, 4) is 17.0 Å². The molecule has 132 valence electrons. The minimum absolute atomic E-state index is 0.234. The van der Waals surface area contributed by atoms with Crippen LogP contribution in [0.2, 0.25) is 0 Å². The van der Waals surface area contributed by atoms with Crippen molar-refractivity contribution in [1.29, 1.82) is 0 Å². The van der Waals surface area contributed by atoms with Crippen LogP contribution < -0.4 is 9.64 Å². The predicted octanol–water partition coefficient (Wildman–Crippen LogP) is 2.82. The molecule has 2 fully saturated rings. The molecule has 1 aliphatic carbocycles. The molecule has 2 heterocycles. The Bertz CT molecular complexity index is 725. The zero-order valence-corrected chi connectivity index (χ0v) is 14.5. The van der Waals surface area contributed by atoms with E-state index >= 15 is 0 Å². The maximum absolute atomic E-state index is 13.9. The SMILES string of the molecule is COc1ccc(-c2ccc(N3CCN(CC4CC4)CC3)nn2)cc1F. The van der Waals surface area contributed by atoms with E-state index < -0.39 is 5.82 Å². The van der Waals surface area contributed by atoms with Crippen molar-refractivity contribution < 1.29 is 9.13 Å².